The van der Waals surface area contributed by atoms with Crippen LogP contribution in [0.15, 0.2) is 36.0 Å². The highest BCUT2D eigenvalue weighted by Gasteiger charge is 2.20. The molecule has 0 bridgehead atoms. The number of aromatic nitrogens is 1. The van der Waals surface area contributed by atoms with Gasteiger partial charge in [-0.2, -0.15) is 0 Å². The quantitative estimate of drug-likeness (QED) is 0.843. The van der Waals surface area contributed by atoms with Gasteiger partial charge in [0.15, 0.2) is 0 Å². The summed E-state index contributed by atoms with van der Waals surface area (Å²) in [6.07, 6.45) is 4.64. The maximum atomic E-state index is 6.10. The molecule has 1 aliphatic rings. The van der Waals surface area contributed by atoms with Gasteiger partial charge >= 0.3 is 0 Å². The lowest BCUT2D eigenvalue weighted by molar-refractivity contribution is -0.00395. The van der Waals surface area contributed by atoms with Crippen molar-refractivity contribution in [3.8, 4) is 0 Å². The van der Waals surface area contributed by atoms with E-state index in [9.17, 15) is 0 Å². The fourth-order valence-corrected chi connectivity index (χ4v) is 3.39. The fraction of sp³-hybridized carbons (Fsp3) is 0.471. The van der Waals surface area contributed by atoms with Gasteiger partial charge in [-0.05, 0) is 30.9 Å². The molecule has 21 heavy (non-hydrogen) atoms. The van der Waals surface area contributed by atoms with E-state index in [2.05, 4.69) is 41.1 Å². The number of rotatable bonds is 5. The fourth-order valence-electron chi connectivity index (χ4n) is 2.75. The van der Waals surface area contributed by atoms with Gasteiger partial charge in [-0.25, -0.2) is 0 Å². The van der Waals surface area contributed by atoms with Gasteiger partial charge in [0.2, 0.25) is 0 Å². The molecule has 4 heteroatoms. The number of thiazole rings is 1. The average Bonchev–Trinajstić information content (AvgIpc) is 3.01. The lowest BCUT2D eigenvalue weighted by atomic mass is 10.1. The monoisotopic (exact) mass is 302 g/mol. The molecule has 1 aromatic carbocycles. The van der Waals surface area contributed by atoms with Crippen LogP contribution in [0, 0.1) is 6.92 Å². The standard InChI is InChI=1S/C17H22N2OS/c1-14-4-2-3-5-15(14)12-20-16-6-8-19(9-7-16)11-17-10-18-13-21-17/h2-5,10,13,16H,6-9,11-12H2,1H3. The first-order valence-corrected chi connectivity index (χ1v) is 8.45. The number of ether oxygens (including phenoxy) is 1. The molecule has 0 atom stereocenters. The SMILES string of the molecule is Cc1ccccc1COC1CCN(Cc2cncs2)CC1. The first-order valence-electron chi connectivity index (χ1n) is 7.57. The topological polar surface area (TPSA) is 25.4 Å². The second-order valence-corrected chi connectivity index (χ2v) is 6.65. The first kappa shape index (κ1) is 14.7. The van der Waals surface area contributed by atoms with E-state index in [0.29, 0.717) is 6.10 Å². The summed E-state index contributed by atoms with van der Waals surface area (Å²) >= 11 is 1.74. The van der Waals surface area contributed by atoms with E-state index in [1.54, 1.807) is 11.3 Å². The predicted molar refractivity (Wildman–Crippen MR) is 86.4 cm³/mol. The van der Waals surface area contributed by atoms with Crippen LogP contribution in [-0.2, 0) is 17.9 Å². The Hall–Kier alpha value is -1.23. The zero-order valence-electron chi connectivity index (χ0n) is 12.5. The minimum absolute atomic E-state index is 0.405. The maximum absolute atomic E-state index is 6.10. The van der Waals surface area contributed by atoms with Gasteiger partial charge in [-0.1, -0.05) is 24.3 Å². The maximum Gasteiger partial charge on any atom is 0.0794 e. The van der Waals surface area contributed by atoms with Gasteiger partial charge in [-0.3, -0.25) is 9.88 Å². The first-order chi connectivity index (χ1) is 10.3. The Morgan fingerprint density at radius 3 is 2.81 bits per heavy atom. The minimum atomic E-state index is 0.405. The van der Waals surface area contributed by atoms with E-state index < -0.39 is 0 Å². The molecule has 0 aliphatic carbocycles. The second-order valence-electron chi connectivity index (χ2n) is 5.68. The molecule has 0 N–H and O–H groups in total. The number of hydrogen-bond donors (Lipinski definition) is 0. The summed E-state index contributed by atoms with van der Waals surface area (Å²) in [5.41, 5.74) is 4.54. The van der Waals surface area contributed by atoms with Crippen LogP contribution in [-0.4, -0.2) is 29.1 Å². The van der Waals surface area contributed by atoms with E-state index in [1.165, 1.54) is 16.0 Å². The van der Waals surface area contributed by atoms with E-state index in [0.717, 1.165) is 39.1 Å². The Bertz CT molecular complexity index is 548. The van der Waals surface area contributed by atoms with Crippen LogP contribution in [0.5, 0.6) is 0 Å². The van der Waals surface area contributed by atoms with Crippen molar-refractivity contribution in [1.82, 2.24) is 9.88 Å². The lowest BCUT2D eigenvalue weighted by Crippen LogP contribution is -2.36. The molecule has 1 aromatic heterocycles. The van der Waals surface area contributed by atoms with Crippen molar-refractivity contribution < 1.29 is 4.74 Å². The molecule has 0 amide bonds. The molecule has 2 heterocycles. The van der Waals surface area contributed by atoms with Crippen molar-refractivity contribution >= 4 is 11.3 Å². The van der Waals surface area contributed by atoms with Crippen LogP contribution < -0.4 is 0 Å². The Labute approximate surface area is 130 Å². The Kier molecular flexibility index (Phi) is 5.01. The predicted octanol–water partition coefficient (Wildman–Crippen LogP) is 3.63. The van der Waals surface area contributed by atoms with Crippen LogP contribution >= 0.6 is 11.3 Å². The van der Waals surface area contributed by atoms with Gasteiger partial charge < -0.3 is 4.74 Å². The summed E-state index contributed by atoms with van der Waals surface area (Å²) in [5, 5.41) is 0. The van der Waals surface area contributed by atoms with Gasteiger partial charge in [0.25, 0.3) is 0 Å². The van der Waals surface area contributed by atoms with E-state index in [1.807, 2.05) is 11.7 Å². The molecule has 1 fully saturated rings. The average molecular weight is 302 g/mol. The molecule has 3 nitrogen and oxygen atoms in total. The number of piperidine rings is 1. The smallest absolute Gasteiger partial charge is 0.0794 e. The molecule has 0 unspecified atom stereocenters. The molecule has 0 saturated carbocycles. The zero-order valence-corrected chi connectivity index (χ0v) is 13.3. The Morgan fingerprint density at radius 1 is 1.29 bits per heavy atom. The van der Waals surface area contributed by atoms with Gasteiger partial charge in [0, 0.05) is 30.7 Å². The summed E-state index contributed by atoms with van der Waals surface area (Å²) < 4.78 is 6.10. The molecule has 1 saturated heterocycles. The highest BCUT2D eigenvalue weighted by atomic mass is 32.1. The van der Waals surface area contributed by atoms with Crippen LogP contribution in [0.1, 0.15) is 28.8 Å². The Morgan fingerprint density at radius 2 is 2.10 bits per heavy atom. The summed E-state index contributed by atoms with van der Waals surface area (Å²) in [5.74, 6) is 0. The summed E-state index contributed by atoms with van der Waals surface area (Å²) in [4.78, 5) is 8.00. The normalized spacial score (nSPS) is 17.2. The summed E-state index contributed by atoms with van der Waals surface area (Å²) in [7, 11) is 0. The van der Waals surface area contributed by atoms with Gasteiger partial charge in [0.05, 0.1) is 18.2 Å². The zero-order chi connectivity index (χ0) is 14.5. The molecular formula is C17H22N2OS. The van der Waals surface area contributed by atoms with Crippen molar-refractivity contribution in [2.45, 2.75) is 39.0 Å². The van der Waals surface area contributed by atoms with Crippen molar-refractivity contribution in [1.29, 1.82) is 0 Å². The number of likely N-dealkylation sites (tertiary alicyclic amines) is 1. The highest BCUT2D eigenvalue weighted by molar-refractivity contribution is 7.09. The molecule has 1 aliphatic heterocycles. The molecule has 3 rings (SSSR count). The summed E-state index contributed by atoms with van der Waals surface area (Å²) in [6.45, 7) is 6.17. The van der Waals surface area contributed by atoms with Crippen LogP contribution in [0.2, 0.25) is 0 Å². The second kappa shape index (κ2) is 7.16. The van der Waals surface area contributed by atoms with Crippen LogP contribution in [0.4, 0.5) is 0 Å². The van der Waals surface area contributed by atoms with Crippen molar-refractivity contribution in [2.24, 2.45) is 0 Å². The number of nitrogens with zero attached hydrogens (tertiary/aromatic N) is 2. The third kappa shape index (κ3) is 4.13. The molecule has 2 aromatic rings. The summed E-state index contributed by atoms with van der Waals surface area (Å²) in [6, 6.07) is 8.48. The van der Waals surface area contributed by atoms with Crippen molar-refractivity contribution in [2.75, 3.05) is 13.1 Å². The van der Waals surface area contributed by atoms with Crippen LogP contribution in [0.3, 0.4) is 0 Å². The van der Waals surface area contributed by atoms with Crippen molar-refractivity contribution in [3.63, 3.8) is 0 Å². The number of benzene rings is 1. The van der Waals surface area contributed by atoms with Crippen molar-refractivity contribution in [3.05, 3.63) is 52.0 Å². The largest absolute Gasteiger partial charge is 0.373 e. The minimum Gasteiger partial charge on any atom is -0.373 e. The third-order valence-corrected chi connectivity index (χ3v) is 4.90. The molecule has 112 valence electrons. The van der Waals surface area contributed by atoms with E-state index in [4.69, 9.17) is 4.74 Å². The number of hydrogen-bond acceptors (Lipinski definition) is 4. The van der Waals surface area contributed by atoms with Gasteiger partial charge in [0.1, 0.15) is 0 Å². The number of aryl methyl sites for hydroxylation is 1. The molecule has 0 spiro atoms. The molecule has 0 radical (unpaired) electrons. The third-order valence-electron chi connectivity index (χ3n) is 4.13. The van der Waals surface area contributed by atoms with Gasteiger partial charge in [-0.15, -0.1) is 11.3 Å². The highest BCUT2D eigenvalue weighted by Crippen LogP contribution is 2.19. The molecular weight excluding hydrogens is 280 g/mol. The van der Waals surface area contributed by atoms with Crippen LogP contribution in [0.25, 0.3) is 0 Å². The lowest BCUT2D eigenvalue weighted by Gasteiger charge is -2.31. The Balaban J connectivity index is 1.43. The van der Waals surface area contributed by atoms with E-state index >= 15 is 0 Å². The van der Waals surface area contributed by atoms with E-state index in [-0.39, 0.29) is 0 Å².